The van der Waals surface area contributed by atoms with Crippen molar-refractivity contribution in [3.05, 3.63) is 42.4 Å². The van der Waals surface area contributed by atoms with Gasteiger partial charge < -0.3 is 24.8 Å². The molecule has 0 bridgehead atoms. The molecule has 2 saturated heterocycles. The van der Waals surface area contributed by atoms with E-state index in [9.17, 15) is 4.79 Å². The molecule has 4 heterocycles. The second-order valence-electron chi connectivity index (χ2n) is 8.49. The van der Waals surface area contributed by atoms with Crippen molar-refractivity contribution in [2.75, 3.05) is 76.4 Å². The van der Waals surface area contributed by atoms with E-state index in [0.717, 1.165) is 70.3 Å². The summed E-state index contributed by atoms with van der Waals surface area (Å²) in [5.74, 6) is 1.70. The number of likely N-dealkylation sites (tertiary alicyclic amines) is 1. The minimum absolute atomic E-state index is 0.0378. The van der Waals surface area contributed by atoms with Gasteiger partial charge in [-0.25, -0.2) is 4.98 Å². The summed E-state index contributed by atoms with van der Waals surface area (Å²) in [6.07, 6.45) is 5.35. The number of nitrogens with one attached hydrogen (secondary N) is 1. The fourth-order valence-corrected chi connectivity index (χ4v) is 4.61. The number of amides is 1. The molecular formula is C23H33N7O2. The maximum atomic E-state index is 13.0. The van der Waals surface area contributed by atoms with Crippen molar-refractivity contribution in [3.8, 4) is 0 Å². The zero-order valence-electron chi connectivity index (χ0n) is 19.0. The highest BCUT2D eigenvalue weighted by molar-refractivity contribution is 5.88. The molecule has 4 rings (SSSR count). The van der Waals surface area contributed by atoms with E-state index in [0.29, 0.717) is 12.5 Å². The number of rotatable bonds is 7. The van der Waals surface area contributed by atoms with Gasteiger partial charge in [0.25, 0.3) is 0 Å². The van der Waals surface area contributed by atoms with Gasteiger partial charge in [0.2, 0.25) is 11.9 Å². The Labute approximate surface area is 189 Å². The third-order valence-electron chi connectivity index (χ3n) is 6.44. The van der Waals surface area contributed by atoms with Crippen LogP contribution in [0, 0.1) is 0 Å². The molecule has 1 N–H and O–H groups in total. The number of anilines is 2. The highest BCUT2D eigenvalue weighted by atomic mass is 16.5. The molecule has 172 valence electrons. The van der Waals surface area contributed by atoms with Crippen LogP contribution < -0.4 is 15.1 Å². The Bertz CT molecular complexity index is 891. The Morgan fingerprint density at radius 1 is 1.19 bits per heavy atom. The second kappa shape index (κ2) is 10.2. The van der Waals surface area contributed by atoms with Crippen LogP contribution in [0.3, 0.4) is 0 Å². The summed E-state index contributed by atoms with van der Waals surface area (Å²) in [6, 6.07) is 7.77. The minimum Gasteiger partial charge on any atom is -0.378 e. The van der Waals surface area contributed by atoms with Crippen molar-refractivity contribution in [2.45, 2.75) is 18.3 Å². The van der Waals surface area contributed by atoms with Gasteiger partial charge in [-0.15, -0.1) is 0 Å². The number of ether oxygens (including phenoxy) is 1. The number of carbonyl (C=O) groups is 1. The van der Waals surface area contributed by atoms with Crippen LogP contribution in [0.1, 0.15) is 18.5 Å². The van der Waals surface area contributed by atoms with Gasteiger partial charge in [0.1, 0.15) is 11.2 Å². The lowest BCUT2D eigenvalue weighted by Gasteiger charge is -2.41. The number of carbonyl (C=O) groups excluding carboxylic acids is 1. The highest BCUT2D eigenvalue weighted by Crippen LogP contribution is 2.33. The first-order valence-corrected chi connectivity index (χ1v) is 11.4. The maximum Gasteiger partial charge on any atom is 0.233 e. The monoisotopic (exact) mass is 439 g/mol. The van der Waals surface area contributed by atoms with E-state index in [1.54, 1.807) is 13.2 Å². The smallest absolute Gasteiger partial charge is 0.233 e. The summed E-state index contributed by atoms with van der Waals surface area (Å²) in [6.45, 7) is 6.39. The van der Waals surface area contributed by atoms with E-state index < -0.39 is 5.41 Å². The van der Waals surface area contributed by atoms with Crippen molar-refractivity contribution in [3.63, 3.8) is 0 Å². The number of piperidine rings is 1. The molecule has 2 aromatic heterocycles. The molecule has 2 aromatic rings. The molecule has 0 spiro atoms. The van der Waals surface area contributed by atoms with Crippen LogP contribution in [-0.2, 0) is 14.9 Å². The van der Waals surface area contributed by atoms with Gasteiger partial charge >= 0.3 is 0 Å². The van der Waals surface area contributed by atoms with Crippen LogP contribution in [0.15, 0.2) is 36.7 Å². The van der Waals surface area contributed by atoms with E-state index in [2.05, 4.69) is 30.0 Å². The van der Waals surface area contributed by atoms with Crippen molar-refractivity contribution in [2.24, 2.45) is 0 Å². The molecule has 0 aromatic carbocycles. The summed E-state index contributed by atoms with van der Waals surface area (Å²) in [7, 11) is 3.73. The van der Waals surface area contributed by atoms with E-state index in [4.69, 9.17) is 9.72 Å². The highest BCUT2D eigenvalue weighted by Gasteiger charge is 2.44. The lowest BCUT2D eigenvalue weighted by Crippen LogP contribution is -2.55. The molecule has 2 aliphatic rings. The van der Waals surface area contributed by atoms with Crippen LogP contribution in [0.2, 0.25) is 0 Å². The zero-order valence-corrected chi connectivity index (χ0v) is 19.0. The molecule has 2 aliphatic heterocycles. The van der Waals surface area contributed by atoms with Crippen molar-refractivity contribution in [1.82, 2.24) is 25.2 Å². The van der Waals surface area contributed by atoms with E-state index in [1.807, 2.05) is 37.5 Å². The number of aromatic nitrogens is 3. The van der Waals surface area contributed by atoms with Crippen LogP contribution >= 0.6 is 0 Å². The van der Waals surface area contributed by atoms with Crippen LogP contribution in [-0.4, -0.2) is 92.3 Å². The topological polar surface area (TPSA) is 86.7 Å². The van der Waals surface area contributed by atoms with E-state index in [-0.39, 0.29) is 5.91 Å². The molecule has 0 aliphatic carbocycles. The lowest BCUT2D eigenvalue weighted by molar-refractivity contribution is -0.128. The largest absolute Gasteiger partial charge is 0.378 e. The Balaban J connectivity index is 1.41. The van der Waals surface area contributed by atoms with Crippen LogP contribution in [0.5, 0.6) is 0 Å². The number of nitrogens with zero attached hydrogens (tertiary/aromatic N) is 6. The molecule has 0 saturated carbocycles. The van der Waals surface area contributed by atoms with E-state index in [1.165, 1.54) is 0 Å². The average Bonchev–Trinajstić information content (AvgIpc) is 2.88. The number of hydrogen-bond donors (Lipinski definition) is 1. The van der Waals surface area contributed by atoms with Gasteiger partial charge in [0, 0.05) is 59.2 Å². The SMILES string of the molecule is CNC(=O)C1(c2ccccn2)CCCN(CCN(C)c2nccc(N3CCOCC3)n2)C1. The second-order valence-corrected chi connectivity index (χ2v) is 8.49. The fraction of sp³-hybridized carbons (Fsp3) is 0.565. The third kappa shape index (κ3) is 4.83. The summed E-state index contributed by atoms with van der Waals surface area (Å²) >= 11 is 0. The molecule has 0 radical (unpaired) electrons. The lowest BCUT2D eigenvalue weighted by atomic mass is 9.75. The van der Waals surface area contributed by atoms with Crippen molar-refractivity contribution in [1.29, 1.82) is 0 Å². The Morgan fingerprint density at radius 3 is 2.78 bits per heavy atom. The first kappa shape index (κ1) is 22.4. The standard InChI is InChI=1S/C23H33N7O2/c1-24-21(31)23(19-6-3-4-9-25-19)8-5-11-29(18-23)13-12-28(2)22-26-10-7-20(27-22)30-14-16-32-17-15-30/h3-4,6-7,9-10H,5,8,11-18H2,1-2H3,(H,24,31). The number of likely N-dealkylation sites (N-methyl/N-ethyl adjacent to an activating group) is 2. The predicted octanol–water partition coefficient (Wildman–Crippen LogP) is 0.924. The summed E-state index contributed by atoms with van der Waals surface area (Å²) < 4.78 is 5.44. The van der Waals surface area contributed by atoms with Gasteiger partial charge in [0.05, 0.1) is 18.9 Å². The molecule has 9 nitrogen and oxygen atoms in total. The number of pyridine rings is 1. The molecule has 1 atom stereocenters. The van der Waals surface area contributed by atoms with Crippen LogP contribution in [0.4, 0.5) is 11.8 Å². The summed E-state index contributed by atoms with van der Waals surface area (Å²) in [4.78, 5) is 33.4. The zero-order chi connectivity index (χ0) is 22.4. The van der Waals surface area contributed by atoms with Gasteiger partial charge in [-0.1, -0.05) is 6.07 Å². The molecular weight excluding hydrogens is 406 g/mol. The first-order valence-electron chi connectivity index (χ1n) is 11.4. The summed E-state index contributed by atoms with van der Waals surface area (Å²) in [5, 5.41) is 2.87. The first-order chi connectivity index (χ1) is 15.6. The van der Waals surface area contributed by atoms with Crippen molar-refractivity contribution < 1.29 is 9.53 Å². The Kier molecular flexibility index (Phi) is 7.16. The van der Waals surface area contributed by atoms with Gasteiger partial charge in [-0.05, 0) is 37.6 Å². The number of morpholine rings is 1. The fourth-order valence-electron chi connectivity index (χ4n) is 4.61. The summed E-state index contributed by atoms with van der Waals surface area (Å²) in [5.41, 5.74) is 0.235. The number of hydrogen-bond acceptors (Lipinski definition) is 8. The Morgan fingerprint density at radius 2 is 2.03 bits per heavy atom. The van der Waals surface area contributed by atoms with Gasteiger partial charge in [-0.3, -0.25) is 9.78 Å². The maximum absolute atomic E-state index is 13.0. The molecule has 1 unspecified atom stereocenters. The normalized spacial score (nSPS) is 21.9. The van der Waals surface area contributed by atoms with Crippen LogP contribution in [0.25, 0.3) is 0 Å². The average molecular weight is 440 g/mol. The molecule has 2 fully saturated rings. The molecule has 9 heteroatoms. The molecule has 32 heavy (non-hydrogen) atoms. The quantitative estimate of drug-likeness (QED) is 0.682. The Hall–Kier alpha value is -2.78. The third-order valence-corrected chi connectivity index (χ3v) is 6.44. The minimum atomic E-state index is -0.612. The predicted molar refractivity (Wildman–Crippen MR) is 124 cm³/mol. The van der Waals surface area contributed by atoms with Crippen molar-refractivity contribution >= 4 is 17.7 Å². The van der Waals surface area contributed by atoms with E-state index >= 15 is 0 Å². The van der Waals surface area contributed by atoms with Gasteiger partial charge in [0.15, 0.2) is 0 Å². The van der Waals surface area contributed by atoms with Gasteiger partial charge in [-0.2, -0.15) is 4.98 Å². The molecule has 1 amide bonds.